The lowest BCUT2D eigenvalue weighted by atomic mass is 10.1. The number of amides is 1. The van der Waals surface area contributed by atoms with Crippen molar-refractivity contribution in [1.29, 1.82) is 0 Å². The molecule has 0 aliphatic heterocycles. The van der Waals surface area contributed by atoms with Crippen LogP contribution in [0.25, 0.3) is 0 Å². The maximum atomic E-state index is 11.9. The van der Waals surface area contributed by atoms with E-state index in [1.165, 1.54) is 0 Å². The number of carbonyl (C=O) groups is 1. The van der Waals surface area contributed by atoms with Gasteiger partial charge in [0, 0.05) is 18.0 Å². The summed E-state index contributed by atoms with van der Waals surface area (Å²) in [5.74, 6) is 0.259. The number of nitrogens with zero attached hydrogens (tertiary/aromatic N) is 1. The number of ether oxygens (including phenoxy) is 1. The second-order valence-electron chi connectivity index (χ2n) is 3.99. The van der Waals surface area contributed by atoms with E-state index in [4.69, 9.17) is 15.7 Å². The summed E-state index contributed by atoms with van der Waals surface area (Å²) in [4.78, 5) is 11.9. The highest BCUT2D eigenvalue weighted by Gasteiger charge is 2.12. The van der Waals surface area contributed by atoms with E-state index < -0.39 is 0 Å². The maximum Gasteiger partial charge on any atom is 0.251 e. The summed E-state index contributed by atoms with van der Waals surface area (Å²) in [6.45, 7) is 2.04. The van der Waals surface area contributed by atoms with E-state index in [2.05, 4.69) is 26.4 Å². The van der Waals surface area contributed by atoms with Gasteiger partial charge in [0.15, 0.2) is 0 Å². The van der Waals surface area contributed by atoms with Crippen molar-refractivity contribution in [2.75, 3.05) is 13.7 Å². The molecule has 6 nitrogen and oxygen atoms in total. The van der Waals surface area contributed by atoms with Gasteiger partial charge in [-0.25, -0.2) is 0 Å². The first-order chi connectivity index (χ1) is 8.99. The third kappa shape index (κ3) is 4.13. The quantitative estimate of drug-likeness (QED) is 0.330. The molecule has 0 heterocycles. The van der Waals surface area contributed by atoms with Crippen LogP contribution in [0.2, 0.25) is 0 Å². The van der Waals surface area contributed by atoms with Gasteiger partial charge in [0.2, 0.25) is 0 Å². The highest BCUT2D eigenvalue weighted by Crippen LogP contribution is 2.25. The van der Waals surface area contributed by atoms with E-state index in [1.807, 2.05) is 0 Å². The molecule has 104 valence electrons. The smallest absolute Gasteiger partial charge is 0.251 e. The minimum absolute atomic E-state index is 0.0798. The van der Waals surface area contributed by atoms with Crippen molar-refractivity contribution in [2.45, 2.75) is 6.92 Å². The zero-order valence-corrected chi connectivity index (χ0v) is 12.3. The highest BCUT2D eigenvalue weighted by atomic mass is 79.9. The zero-order chi connectivity index (χ0) is 14.4. The number of halogens is 1. The minimum atomic E-state index is -0.240. The Labute approximate surface area is 119 Å². The third-order valence-corrected chi connectivity index (χ3v) is 3.22. The molecule has 0 saturated carbocycles. The second-order valence-corrected chi connectivity index (χ2v) is 4.84. The van der Waals surface area contributed by atoms with E-state index in [0.29, 0.717) is 22.3 Å². The van der Waals surface area contributed by atoms with E-state index in [9.17, 15) is 4.79 Å². The fraction of sp³-hybridized carbons (Fsp3) is 0.333. The number of methoxy groups -OCH3 is 1. The molecule has 1 unspecified atom stereocenters. The largest absolute Gasteiger partial charge is 0.496 e. The molecule has 0 bridgehead atoms. The van der Waals surface area contributed by atoms with E-state index in [1.54, 1.807) is 32.2 Å². The van der Waals surface area contributed by atoms with Crippen molar-refractivity contribution in [1.82, 2.24) is 5.32 Å². The Kier molecular flexibility index (Phi) is 5.62. The molecule has 4 N–H and O–H groups in total. The van der Waals surface area contributed by atoms with E-state index in [0.717, 1.165) is 0 Å². The molecule has 0 radical (unpaired) electrons. The summed E-state index contributed by atoms with van der Waals surface area (Å²) in [5, 5.41) is 14.1. The average Bonchev–Trinajstić information content (AvgIpc) is 2.43. The number of nitrogens with two attached hydrogens (primary N) is 1. The Balaban J connectivity index is 2.66. The van der Waals surface area contributed by atoms with Crippen LogP contribution in [0.5, 0.6) is 5.75 Å². The van der Waals surface area contributed by atoms with Crippen LogP contribution < -0.4 is 15.8 Å². The lowest BCUT2D eigenvalue weighted by Gasteiger charge is -2.11. The molecule has 0 aliphatic carbocycles. The predicted octanol–water partition coefficient (Wildman–Crippen LogP) is 1.57. The molecule has 1 atom stereocenters. The van der Waals surface area contributed by atoms with Crippen LogP contribution in [-0.2, 0) is 0 Å². The summed E-state index contributed by atoms with van der Waals surface area (Å²) < 4.78 is 5.79. The molecule has 0 saturated heterocycles. The van der Waals surface area contributed by atoms with Crippen LogP contribution in [0, 0.1) is 5.92 Å². The van der Waals surface area contributed by atoms with Gasteiger partial charge in [-0.3, -0.25) is 4.79 Å². The molecule has 19 heavy (non-hydrogen) atoms. The molecule has 7 heteroatoms. The van der Waals surface area contributed by atoms with E-state index >= 15 is 0 Å². The predicted molar refractivity (Wildman–Crippen MR) is 75.6 cm³/mol. The Morgan fingerprint density at radius 1 is 1.63 bits per heavy atom. The maximum absolute atomic E-state index is 11.9. The first-order valence-electron chi connectivity index (χ1n) is 5.58. The Bertz CT molecular complexity index is 491. The number of carbonyl (C=O) groups excluding carboxylic acids is 1. The van der Waals surface area contributed by atoms with Gasteiger partial charge in [-0.05, 0) is 34.1 Å². The van der Waals surface area contributed by atoms with Crippen LogP contribution in [0.3, 0.4) is 0 Å². The standard InChI is InChI=1S/C12H16BrN3O3/c1-7(11(14)16-18)6-15-12(17)8-3-4-10(19-2)9(13)5-8/h3-5,7,18H,6H2,1-2H3,(H2,14,16)(H,15,17). The van der Waals surface area contributed by atoms with Gasteiger partial charge < -0.3 is 21.0 Å². The number of nitrogens with one attached hydrogen (secondary N) is 1. The molecule has 0 fully saturated rings. The van der Waals surface area contributed by atoms with Crippen LogP contribution >= 0.6 is 15.9 Å². The molecule has 0 aromatic heterocycles. The van der Waals surface area contributed by atoms with Crippen molar-refractivity contribution in [3.05, 3.63) is 28.2 Å². The van der Waals surface area contributed by atoms with Gasteiger partial charge in [0.25, 0.3) is 5.91 Å². The molecular weight excluding hydrogens is 314 g/mol. The summed E-state index contributed by atoms with van der Waals surface area (Å²) >= 11 is 3.31. The molecule has 1 aromatic rings. The number of hydrogen-bond donors (Lipinski definition) is 3. The lowest BCUT2D eigenvalue weighted by Crippen LogP contribution is -2.34. The van der Waals surface area contributed by atoms with Crippen molar-refractivity contribution in [3.8, 4) is 5.75 Å². The Morgan fingerprint density at radius 2 is 2.32 bits per heavy atom. The van der Waals surface area contributed by atoms with Gasteiger partial charge >= 0.3 is 0 Å². The fourth-order valence-corrected chi connectivity index (χ4v) is 1.90. The minimum Gasteiger partial charge on any atom is -0.496 e. The topological polar surface area (TPSA) is 96.9 Å². The fourth-order valence-electron chi connectivity index (χ4n) is 1.36. The first-order valence-corrected chi connectivity index (χ1v) is 6.38. The molecule has 0 aliphatic rings. The molecule has 1 aromatic carbocycles. The SMILES string of the molecule is COc1ccc(C(=O)NCC(C)C(N)=NO)cc1Br. The van der Waals surface area contributed by atoms with E-state index in [-0.39, 0.29) is 17.7 Å². The number of rotatable bonds is 5. The summed E-state index contributed by atoms with van der Waals surface area (Å²) in [5.41, 5.74) is 5.93. The molecule has 0 spiro atoms. The number of hydrogen-bond acceptors (Lipinski definition) is 4. The second kappa shape index (κ2) is 6.98. The number of benzene rings is 1. The monoisotopic (exact) mass is 329 g/mol. The third-order valence-electron chi connectivity index (χ3n) is 2.60. The first kappa shape index (κ1) is 15.3. The zero-order valence-electron chi connectivity index (χ0n) is 10.7. The lowest BCUT2D eigenvalue weighted by molar-refractivity contribution is 0.0951. The summed E-state index contributed by atoms with van der Waals surface area (Å²) in [7, 11) is 1.55. The molecular formula is C12H16BrN3O3. The van der Waals surface area contributed by atoms with Crippen LogP contribution in [0.4, 0.5) is 0 Å². The van der Waals surface area contributed by atoms with Crippen molar-refractivity contribution < 1.29 is 14.7 Å². The Hall–Kier alpha value is -1.76. The van der Waals surface area contributed by atoms with Gasteiger partial charge in [-0.1, -0.05) is 12.1 Å². The number of oxime groups is 1. The number of amidine groups is 1. The van der Waals surface area contributed by atoms with Crippen molar-refractivity contribution >= 4 is 27.7 Å². The highest BCUT2D eigenvalue weighted by molar-refractivity contribution is 9.10. The molecule has 1 amide bonds. The average molecular weight is 330 g/mol. The van der Waals surface area contributed by atoms with Gasteiger partial charge in [0.05, 0.1) is 11.6 Å². The van der Waals surface area contributed by atoms with Crippen molar-refractivity contribution in [2.24, 2.45) is 16.8 Å². The van der Waals surface area contributed by atoms with Gasteiger partial charge in [-0.2, -0.15) is 0 Å². The summed E-state index contributed by atoms with van der Waals surface area (Å²) in [6, 6.07) is 5.03. The van der Waals surface area contributed by atoms with Crippen LogP contribution in [0.1, 0.15) is 17.3 Å². The Morgan fingerprint density at radius 3 is 2.84 bits per heavy atom. The summed E-state index contributed by atoms with van der Waals surface area (Å²) in [6.07, 6.45) is 0. The normalized spacial score (nSPS) is 12.9. The molecule has 1 rings (SSSR count). The van der Waals surface area contributed by atoms with Crippen LogP contribution in [-0.4, -0.2) is 30.6 Å². The van der Waals surface area contributed by atoms with Gasteiger partial charge in [-0.15, -0.1) is 0 Å². The van der Waals surface area contributed by atoms with Crippen LogP contribution in [0.15, 0.2) is 27.8 Å². The van der Waals surface area contributed by atoms with Gasteiger partial charge in [0.1, 0.15) is 11.6 Å². The van der Waals surface area contributed by atoms with Crippen molar-refractivity contribution in [3.63, 3.8) is 0 Å².